The molecule has 8 nitrogen and oxygen atoms in total. The number of benzene rings is 1. The molecule has 0 saturated heterocycles. The summed E-state index contributed by atoms with van der Waals surface area (Å²) in [5, 5.41) is 45.5. The average molecular weight is 377 g/mol. The summed E-state index contributed by atoms with van der Waals surface area (Å²) < 4.78 is 7.66. The van der Waals surface area contributed by atoms with Gasteiger partial charge >= 0.3 is 0 Å². The first-order valence-electron chi connectivity index (χ1n) is 7.92. The molecule has 2 aromatic heterocycles. The van der Waals surface area contributed by atoms with Crippen LogP contribution >= 0.6 is 12.2 Å². The molecule has 0 radical (unpaired) electrons. The molecule has 0 bridgehead atoms. The maximum Gasteiger partial charge on any atom is 0.200 e. The van der Waals surface area contributed by atoms with Gasteiger partial charge in [0.15, 0.2) is 10.6 Å². The fourth-order valence-electron chi connectivity index (χ4n) is 2.65. The number of para-hydroxylation sites is 1. The minimum atomic E-state index is -1.59. The zero-order chi connectivity index (χ0) is 18.8. The number of nitrogens with zero attached hydrogens (tertiary/aromatic N) is 2. The largest absolute Gasteiger partial charge is 0.463 e. The van der Waals surface area contributed by atoms with Crippen molar-refractivity contribution in [1.82, 2.24) is 14.8 Å². The molecule has 2 heterocycles. The molecule has 3 rings (SSSR count). The zero-order valence-electron chi connectivity index (χ0n) is 13.9. The minimum Gasteiger partial charge on any atom is -0.463 e. The van der Waals surface area contributed by atoms with Crippen LogP contribution in [0.1, 0.15) is 17.6 Å². The van der Waals surface area contributed by atoms with Crippen LogP contribution in [-0.2, 0) is 0 Å². The fraction of sp³-hybridized carbons (Fsp3) is 0.294. The van der Waals surface area contributed by atoms with Crippen molar-refractivity contribution in [2.75, 3.05) is 6.61 Å². The molecule has 3 atom stereocenters. The Balaban J connectivity index is 2.03. The highest BCUT2D eigenvalue weighted by Crippen LogP contribution is 2.31. The van der Waals surface area contributed by atoms with Gasteiger partial charge in [-0.05, 0) is 37.3 Å². The lowest BCUT2D eigenvalue weighted by molar-refractivity contribution is -0.0837. The maximum atomic E-state index is 10.2. The summed E-state index contributed by atoms with van der Waals surface area (Å²) in [7, 11) is 0. The van der Waals surface area contributed by atoms with Crippen molar-refractivity contribution in [3.63, 3.8) is 0 Å². The highest BCUT2D eigenvalue weighted by Gasteiger charge is 2.29. The smallest absolute Gasteiger partial charge is 0.200 e. The summed E-state index contributed by atoms with van der Waals surface area (Å²) in [6.45, 7) is 1.00. The molecule has 138 valence electrons. The van der Waals surface area contributed by atoms with Crippen LogP contribution < -0.4 is 0 Å². The predicted molar refractivity (Wildman–Crippen MR) is 95.2 cm³/mol. The third-order valence-corrected chi connectivity index (χ3v) is 4.33. The molecule has 0 spiro atoms. The van der Waals surface area contributed by atoms with Crippen molar-refractivity contribution >= 4 is 12.2 Å². The molecule has 26 heavy (non-hydrogen) atoms. The van der Waals surface area contributed by atoms with Gasteiger partial charge in [-0.15, -0.1) is 0 Å². The van der Waals surface area contributed by atoms with Crippen molar-refractivity contribution < 1.29 is 24.8 Å². The normalized spacial score (nSPS) is 15.0. The Kier molecular flexibility index (Phi) is 5.35. The van der Waals surface area contributed by atoms with Crippen LogP contribution in [0.15, 0.2) is 40.8 Å². The summed E-state index contributed by atoms with van der Waals surface area (Å²) in [5.74, 6) is 0.986. The second-order valence-corrected chi connectivity index (χ2v) is 6.21. The van der Waals surface area contributed by atoms with Crippen LogP contribution in [-0.4, -0.2) is 54.0 Å². The van der Waals surface area contributed by atoms with E-state index in [0.29, 0.717) is 21.9 Å². The van der Waals surface area contributed by atoms with Crippen LogP contribution in [0.3, 0.4) is 0 Å². The van der Waals surface area contributed by atoms with Crippen LogP contribution in [0, 0.1) is 11.7 Å². The number of rotatable bonds is 6. The summed E-state index contributed by atoms with van der Waals surface area (Å²) in [4.78, 5) is 0. The Hall–Kier alpha value is -2.30. The van der Waals surface area contributed by atoms with Crippen molar-refractivity contribution in [3.8, 4) is 17.1 Å². The Morgan fingerprint density at radius 2 is 1.92 bits per heavy atom. The van der Waals surface area contributed by atoms with Crippen LogP contribution in [0.4, 0.5) is 0 Å². The number of aromatic amines is 1. The molecular weight excluding hydrogens is 358 g/mol. The number of furan rings is 1. The first-order valence-corrected chi connectivity index (χ1v) is 8.33. The maximum absolute atomic E-state index is 10.2. The third-order valence-electron chi connectivity index (χ3n) is 4.06. The molecule has 9 heteroatoms. The second kappa shape index (κ2) is 7.52. The standard InChI is InChI=1S/C17H19N3O5S/c1-9-11(7-13(25-9)15(24)14(23)12(22)8-21)16-18-19-17(26)20(16)10-5-3-2-4-6-10/h2-7,12,14-15,21-24H,8H2,1H3,(H,19,26)/t12-,14+,15-/m1/s1. The monoisotopic (exact) mass is 377 g/mol. The molecule has 1 aromatic carbocycles. The number of hydrogen-bond acceptors (Lipinski definition) is 7. The van der Waals surface area contributed by atoms with Crippen molar-refractivity contribution in [2.45, 2.75) is 25.2 Å². The van der Waals surface area contributed by atoms with Gasteiger partial charge in [0.05, 0.1) is 12.2 Å². The lowest BCUT2D eigenvalue weighted by Crippen LogP contribution is -2.34. The molecule has 3 aromatic rings. The molecule has 0 aliphatic rings. The number of aromatic nitrogens is 3. The van der Waals surface area contributed by atoms with Crippen LogP contribution in [0.2, 0.25) is 0 Å². The minimum absolute atomic E-state index is 0.0473. The van der Waals surface area contributed by atoms with Gasteiger partial charge in [0.25, 0.3) is 0 Å². The van der Waals surface area contributed by atoms with E-state index >= 15 is 0 Å². The highest BCUT2D eigenvalue weighted by atomic mass is 32.1. The summed E-state index contributed by atoms with van der Waals surface area (Å²) in [6, 6.07) is 10.9. The number of H-pyrrole nitrogens is 1. The van der Waals surface area contributed by atoms with Crippen molar-refractivity contribution in [2.24, 2.45) is 0 Å². The van der Waals surface area contributed by atoms with Gasteiger partial charge in [-0.25, -0.2) is 0 Å². The van der Waals surface area contributed by atoms with Gasteiger partial charge < -0.3 is 24.8 Å². The molecule has 0 aliphatic carbocycles. The third kappa shape index (κ3) is 3.35. The van der Waals surface area contributed by atoms with E-state index in [2.05, 4.69) is 10.2 Å². The zero-order valence-corrected chi connectivity index (χ0v) is 14.7. The van der Waals surface area contributed by atoms with Crippen molar-refractivity contribution in [3.05, 3.63) is 52.7 Å². The summed E-state index contributed by atoms with van der Waals surface area (Å²) in [5.41, 5.74) is 1.38. The highest BCUT2D eigenvalue weighted by molar-refractivity contribution is 7.71. The van der Waals surface area contributed by atoms with E-state index in [1.54, 1.807) is 11.5 Å². The SMILES string of the molecule is Cc1oc([C@@H](O)[C@@H](O)[C@H](O)CO)cc1-c1n[nH]c(=S)n1-c1ccccc1. The number of nitrogens with one attached hydrogen (secondary N) is 1. The van der Waals surface area contributed by atoms with Crippen LogP contribution in [0.5, 0.6) is 0 Å². The summed E-state index contributed by atoms with van der Waals surface area (Å²) >= 11 is 5.31. The Labute approximate surface area is 154 Å². The lowest BCUT2D eigenvalue weighted by Gasteiger charge is -2.19. The quantitative estimate of drug-likeness (QED) is 0.409. The van der Waals surface area contributed by atoms with E-state index in [4.69, 9.17) is 21.7 Å². The fourth-order valence-corrected chi connectivity index (χ4v) is 2.89. The Morgan fingerprint density at radius 1 is 1.23 bits per heavy atom. The average Bonchev–Trinajstić information content (AvgIpc) is 3.22. The summed E-state index contributed by atoms with van der Waals surface area (Å²) in [6.07, 6.45) is -4.58. The molecule has 0 amide bonds. The van der Waals surface area contributed by atoms with Gasteiger partial charge in [0, 0.05) is 5.69 Å². The molecule has 0 fully saturated rings. The first kappa shape index (κ1) is 18.5. The number of aliphatic hydroxyl groups is 4. The van der Waals surface area contributed by atoms with Gasteiger partial charge in [-0.1, -0.05) is 18.2 Å². The number of hydrogen-bond donors (Lipinski definition) is 5. The van der Waals surface area contributed by atoms with E-state index in [1.165, 1.54) is 6.07 Å². The number of aliphatic hydroxyl groups excluding tert-OH is 4. The van der Waals surface area contributed by atoms with Gasteiger partial charge in [0.2, 0.25) is 0 Å². The molecule has 0 unspecified atom stereocenters. The van der Waals surface area contributed by atoms with Gasteiger partial charge in [-0.2, -0.15) is 5.10 Å². The lowest BCUT2D eigenvalue weighted by atomic mass is 10.1. The van der Waals surface area contributed by atoms with E-state index < -0.39 is 24.9 Å². The van der Waals surface area contributed by atoms with Gasteiger partial charge in [0.1, 0.15) is 29.8 Å². The molecular formula is C17H19N3O5S. The number of aryl methyl sites for hydroxylation is 1. The first-order chi connectivity index (χ1) is 12.4. The van der Waals surface area contributed by atoms with Crippen LogP contribution in [0.25, 0.3) is 17.1 Å². The molecule has 5 N–H and O–H groups in total. The molecule has 0 saturated carbocycles. The van der Waals surface area contributed by atoms with Crippen molar-refractivity contribution in [1.29, 1.82) is 0 Å². The topological polar surface area (TPSA) is 128 Å². The van der Waals surface area contributed by atoms with E-state index in [0.717, 1.165) is 5.69 Å². The van der Waals surface area contributed by atoms with E-state index in [-0.39, 0.29) is 5.76 Å². The molecule has 0 aliphatic heterocycles. The van der Waals surface area contributed by atoms with E-state index in [1.807, 2.05) is 30.3 Å². The predicted octanol–water partition coefficient (Wildman–Crippen LogP) is 1.25. The van der Waals surface area contributed by atoms with E-state index in [9.17, 15) is 15.3 Å². The Bertz CT molecular complexity index is 934. The van der Waals surface area contributed by atoms with Gasteiger partial charge in [-0.3, -0.25) is 9.67 Å². The second-order valence-electron chi connectivity index (χ2n) is 5.83. The Morgan fingerprint density at radius 3 is 2.58 bits per heavy atom.